The van der Waals surface area contributed by atoms with Gasteiger partial charge in [-0.05, 0) is 49.9 Å². The molecular formula is C16H29N3O2. The van der Waals surface area contributed by atoms with E-state index in [9.17, 15) is 9.59 Å². The molecule has 0 radical (unpaired) electrons. The van der Waals surface area contributed by atoms with Gasteiger partial charge in [0, 0.05) is 12.6 Å². The predicted molar refractivity (Wildman–Crippen MR) is 82.8 cm³/mol. The highest BCUT2D eigenvalue weighted by Gasteiger charge is 2.59. The molecule has 0 aliphatic heterocycles. The van der Waals surface area contributed by atoms with Gasteiger partial charge in [-0.15, -0.1) is 0 Å². The highest BCUT2D eigenvalue weighted by atomic mass is 16.2. The number of nitrogens with one attached hydrogen (secondary N) is 3. The average Bonchev–Trinajstić information content (AvgIpc) is 2.85. The number of urea groups is 1. The van der Waals surface area contributed by atoms with Crippen molar-refractivity contribution in [2.45, 2.75) is 66.0 Å². The molecule has 4 unspecified atom stereocenters. The minimum absolute atomic E-state index is 0.202. The topological polar surface area (TPSA) is 70.2 Å². The molecule has 120 valence electrons. The zero-order valence-electron chi connectivity index (χ0n) is 13.9. The number of hydrogen-bond donors (Lipinski definition) is 3. The normalized spacial score (nSPS) is 34.5. The van der Waals surface area contributed by atoms with Gasteiger partial charge in [-0.1, -0.05) is 20.8 Å². The third-order valence-electron chi connectivity index (χ3n) is 5.65. The van der Waals surface area contributed by atoms with Crippen molar-refractivity contribution >= 4 is 11.9 Å². The van der Waals surface area contributed by atoms with Gasteiger partial charge in [0.1, 0.15) is 0 Å². The molecule has 2 rings (SSSR count). The smallest absolute Gasteiger partial charge is 0.321 e. The molecule has 3 N–H and O–H groups in total. The number of carbonyl (C=O) groups is 2. The molecule has 0 aromatic rings. The Bertz CT molecular complexity index is 430. The van der Waals surface area contributed by atoms with Crippen LogP contribution in [0.3, 0.4) is 0 Å². The number of imide groups is 1. The molecule has 3 amide bonds. The van der Waals surface area contributed by atoms with E-state index in [0.29, 0.717) is 12.6 Å². The van der Waals surface area contributed by atoms with E-state index in [-0.39, 0.29) is 22.8 Å². The van der Waals surface area contributed by atoms with Gasteiger partial charge in [0.25, 0.3) is 0 Å². The molecule has 4 atom stereocenters. The van der Waals surface area contributed by atoms with Crippen LogP contribution in [0.2, 0.25) is 0 Å². The summed E-state index contributed by atoms with van der Waals surface area (Å²) in [6.07, 6.45) is 3.76. The fraction of sp³-hybridized carbons (Fsp3) is 0.875. The Labute approximate surface area is 127 Å². The van der Waals surface area contributed by atoms with Crippen molar-refractivity contribution < 1.29 is 9.59 Å². The van der Waals surface area contributed by atoms with Crippen LogP contribution >= 0.6 is 0 Å². The van der Waals surface area contributed by atoms with Gasteiger partial charge < -0.3 is 10.6 Å². The molecule has 21 heavy (non-hydrogen) atoms. The summed E-state index contributed by atoms with van der Waals surface area (Å²) in [5.74, 6) is 0.474. The minimum Gasteiger partial charge on any atom is -0.338 e. The Morgan fingerprint density at radius 1 is 1.29 bits per heavy atom. The first kappa shape index (κ1) is 16.3. The van der Waals surface area contributed by atoms with E-state index in [1.165, 1.54) is 19.3 Å². The van der Waals surface area contributed by atoms with Crippen molar-refractivity contribution in [2.75, 3.05) is 6.54 Å². The fourth-order valence-corrected chi connectivity index (χ4v) is 4.47. The first-order valence-corrected chi connectivity index (χ1v) is 8.05. The lowest BCUT2D eigenvalue weighted by Gasteiger charge is -2.44. The summed E-state index contributed by atoms with van der Waals surface area (Å²) >= 11 is 0. The molecule has 0 saturated heterocycles. The molecule has 2 saturated carbocycles. The van der Waals surface area contributed by atoms with Gasteiger partial charge >= 0.3 is 6.03 Å². The van der Waals surface area contributed by atoms with Gasteiger partial charge in [-0.3, -0.25) is 10.1 Å². The number of amides is 3. The van der Waals surface area contributed by atoms with E-state index in [2.05, 4.69) is 36.7 Å². The Hall–Kier alpha value is -1.10. The SMILES string of the molecule is CCNC(=O)NC(=O)C(C)NC1C2(C)CCC(C2)C1(C)C. The van der Waals surface area contributed by atoms with Crippen molar-refractivity contribution in [1.82, 2.24) is 16.0 Å². The molecule has 0 spiro atoms. The van der Waals surface area contributed by atoms with Crippen LogP contribution in [0.1, 0.15) is 53.9 Å². The third-order valence-corrected chi connectivity index (χ3v) is 5.65. The van der Waals surface area contributed by atoms with Crippen molar-refractivity contribution in [3.05, 3.63) is 0 Å². The van der Waals surface area contributed by atoms with Crippen molar-refractivity contribution in [3.63, 3.8) is 0 Å². The summed E-state index contributed by atoms with van der Waals surface area (Å²) in [6, 6.07) is -0.471. The molecule has 2 aliphatic carbocycles. The quantitative estimate of drug-likeness (QED) is 0.743. The Kier molecular flexibility index (Phi) is 4.34. The van der Waals surface area contributed by atoms with Crippen LogP contribution in [0.4, 0.5) is 4.79 Å². The van der Waals surface area contributed by atoms with Crippen LogP contribution in [0.15, 0.2) is 0 Å². The van der Waals surface area contributed by atoms with Gasteiger partial charge in [0.15, 0.2) is 0 Å². The lowest BCUT2D eigenvalue weighted by atomic mass is 9.68. The monoisotopic (exact) mass is 295 g/mol. The molecular weight excluding hydrogens is 266 g/mol. The Morgan fingerprint density at radius 2 is 1.95 bits per heavy atom. The second-order valence-electron chi connectivity index (χ2n) is 7.59. The third kappa shape index (κ3) is 2.93. The fourth-order valence-electron chi connectivity index (χ4n) is 4.47. The van der Waals surface area contributed by atoms with Gasteiger partial charge in [0.2, 0.25) is 5.91 Å². The molecule has 2 fully saturated rings. The standard InChI is InChI=1S/C16H29N3O2/c1-6-17-14(21)19-12(20)10(2)18-13-15(3,4)11-7-8-16(13,5)9-11/h10-11,13,18H,6-9H2,1-5H3,(H2,17,19,20,21). The average molecular weight is 295 g/mol. The summed E-state index contributed by atoms with van der Waals surface area (Å²) in [7, 11) is 0. The number of carbonyl (C=O) groups excluding carboxylic acids is 2. The Balaban J connectivity index is 1.97. The number of fused-ring (bicyclic) bond motifs is 2. The van der Waals surface area contributed by atoms with E-state index < -0.39 is 6.03 Å². The molecule has 0 aromatic carbocycles. The van der Waals surface area contributed by atoms with E-state index >= 15 is 0 Å². The highest BCUT2D eigenvalue weighted by molar-refractivity contribution is 5.96. The van der Waals surface area contributed by atoms with Crippen LogP contribution in [0.25, 0.3) is 0 Å². The second kappa shape index (κ2) is 5.59. The van der Waals surface area contributed by atoms with Crippen LogP contribution in [-0.4, -0.2) is 30.6 Å². The van der Waals surface area contributed by atoms with Crippen LogP contribution < -0.4 is 16.0 Å². The molecule has 2 bridgehead atoms. The zero-order chi connectivity index (χ0) is 15.8. The van der Waals surface area contributed by atoms with Crippen molar-refractivity contribution in [1.29, 1.82) is 0 Å². The molecule has 0 aromatic heterocycles. The van der Waals surface area contributed by atoms with Crippen molar-refractivity contribution in [2.24, 2.45) is 16.7 Å². The first-order chi connectivity index (χ1) is 9.70. The van der Waals surface area contributed by atoms with Crippen molar-refractivity contribution in [3.8, 4) is 0 Å². The van der Waals surface area contributed by atoms with Gasteiger partial charge in [0.05, 0.1) is 6.04 Å². The largest absolute Gasteiger partial charge is 0.338 e. The second-order valence-corrected chi connectivity index (χ2v) is 7.59. The van der Waals surface area contributed by atoms with Crippen LogP contribution in [-0.2, 0) is 4.79 Å². The molecule has 2 aliphatic rings. The maximum atomic E-state index is 12.1. The highest BCUT2D eigenvalue weighted by Crippen LogP contribution is 2.62. The summed E-state index contributed by atoms with van der Waals surface area (Å²) in [6.45, 7) is 11.1. The molecule has 5 heteroatoms. The number of hydrogen-bond acceptors (Lipinski definition) is 3. The van der Waals surface area contributed by atoms with Gasteiger partial charge in [-0.2, -0.15) is 0 Å². The lowest BCUT2D eigenvalue weighted by Crippen LogP contribution is -2.57. The van der Waals surface area contributed by atoms with Crippen LogP contribution in [0.5, 0.6) is 0 Å². The van der Waals surface area contributed by atoms with Crippen LogP contribution in [0, 0.1) is 16.7 Å². The first-order valence-electron chi connectivity index (χ1n) is 8.05. The summed E-state index contributed by atoms with van der Waals surface area (Å²) < 4.78 is 0. The number of rotatable bonds is 4. The maximum Gasteiger partial charge on any atom is 0.321 e. The summed E-state index contributed by atoms with van der Waals surface area (Å²) in [4.78, 5) is 23.5. The summed E-state index contributed by atoms with van der Waals surface area (Å²) in [5, 5.41) is 8.46. The van der Waals surface area contributed by atoms with E-state index in [1.807, 2.05) is 13.8 Å². The van der Waals surface area contributed by atoms with E-state index in [4.69, 9.17) is 0 Å². The zero-order valence-corrected chi connectivity index (χ0v) is 13.9. The lowest BCUT2D eigenvalue weighted by molar-refractivity contribution is -0.122. The molecule has 0 heterocycles. The summed E-state index contributed by atoms with van der Waals surface area (Å²) in [5.41, 5.74) is 0.474. The van der Waals surface area contributed by atoms with Gasteiger partial charge in [-0.25, -0.2) is 4.79 Å². The van der Waals surface area contributed by atoms with E-state index in [1.54, 1.807) is 0 Å². The minimum atomic E-state index is -0.422. The predicted octanol–water partition coefficient (Wildman–Crippen LogP) is 2.02. The van der Waals surface area contributed by atoms with E-state index in [0.717, 1.165) is 5.92 Å². The Morgan fingerprint density at radius 3 is 2.48 bits per heavy atom. The molecule has 5 nitrogen and oxygen atoms in total. The maximum absolute atomic E-state index is 12.1.